The lowest BCUT2D eigenvalue weighted by Crippen LogP contribution is -2.31. The van der Waals surface area contributed by atoms with Gasteiger partial charge in [0.25, 0.3) is 5.56 Å². The summed E-state index contributed by atoms with van der Waals surface area (Å²) in [7, 11) is 0. The molecule has 1 heterocycles. The first-order chi connectivity index (χ1) is 9.47. The molecule has 2 unspecified atom stereocenters. The van der Waals surface area contributed by atoms with Crippen LogP contribution in [-0.4, -0.2) is 9.55 Å². The Bertz CT molecular complexity index is 663. The molecule has 4 heteroatoms. The fraction of sp³-hybridized carbons (Fsp3) is 0.500. The number of para-hydroxylation sites is 1. The molecule has 0 spiro atoms. The second-order valence-electron chi connectivity index (χ2n) is 5.52. The van der Waals surface area contributed by atoms with Crippen molar-refractivity contribution >= 4 is 22.5 Å². The van der Waals surface area contributed by atoms with Gasteiger partial charge in [-0.15, -0.1) is 11.6 Å². The Kier molecular flexibility index (Phi) is 4.48. The maximum Gasteiger partial charge on any atom is 0.261 e. The number of rotatable bonds is 4. The molecule has 0 N–H and O–H groups in total. The van der Waals surface area contributed by atoms with Gasteiger partial charge in [-0.25, -0.2) is 4.98 Å². The van der Waals surface area contributed by atoms with Crippen LogP contribution >= 0.6 is 11.6 Å². The van der Waals surface area contributed by atoms with E-state index in [4.69, 9.17) is 11.6 Å². The van der Waals surface area contributed by atoms with Crippen molar-refractivity contribution in [2.24, 2.45) is 5.92 Å². The average molecular weight is 293 g/mol. The van der Waals surface area contributed by atoms with Crippen molar-refractivity contribution < 1.29 is 0 Å². The number of aromatic nitrogens is 2. The molecule has 0 radical (unpaired) electrons. The van der Waals surface area contributed by atoms with Crippen LogP contribution in [0.1, 0.15) is 51.4 Å². The number of benzene rings is 1. The van der Waals surface area contributed by atoms with Crippen molar-refractivity contribution in [3.63, 3.8) is 0 Å². The Hall–Kier alpha value is -1.35. The molecule has 0 amide bonds. The highest BCUT2D eigenvalue weighted by atomic mass is 35.5. The fourth-order valence-electron chi connectivity index (χ4n) is 2.26. The van der Waals surface area contributed by atoms with Crippen LogP contribution in [0.15, 0.2) is 29.1 Å². The first-order valence-corrected chi connectivity index (χ1v) is 7.56. The molecular formula is C16H21ClN2O. The Morgan fingerprint density at radius 2 is 1.90 bits per heavy atom. The van der Waals surface area contributed by atoms with E-state index in [1.165, 1.54) is 0 Å². The summed E-state index contributed by atoms with van der Waals surface area (Å²) in [6, 6.07) is 7.52. The zero-order valence-electron chi connectivity index (χ0n) is 12.4. The molecule has 0 saturated heterocycles. The first kappa shape index (κ1) is 15.0. The zero-order valence-corrected chi connectivity index (χ0v) is 13.2. The third-order valence-corrected chi connectivity index (χ3v) is 4.35. The Balaban J connectivity index is 2.80. The number of nitrogens with zero attached hydrogens (tertiary/aromatic N) is 2. The van der Waals surface area contributed by atoms with Crippen LogP contribution < -0.4 is 5.56 Å². The lowest BCUT2D eigenvalue weighted by molar-refractivity contribution is 0.382. The normalized spacial score (nSPS) is 14.7. The van der Waals surface area contributed by atoms with E-state index < -0.39 is 0 Å². The van der Waals surface area contributed by atoms with Gasteiger partial charge in [-0.3, -0.25) is 9.36 Å². The van der Waals surface area contributed by atoms with Crippen LogP contribution in [0, 0.1) is 5.92 Å². The topological polar surface area (TPSA) is 34.9 Å². The van der Waals surface area contributed by atoms with Crippen LogP contribution in [0.3, 0.4) is 0 Å². The summed E-state index contributed by atoms with van der Waals surface area (Å²) < 4.78 is 1.77. The molecule has 0 aliphatic rings. The lowest BCUT2D eigenvalue weighted by atomic mass is 10.1. The lowest BCUT2D eigenvalue weighted by Gasteiger charge is -2.24. The van der Waals surface area contributed by atoms with Gasteiger partial charge >= 0.3 is 0 Å². The summed E-state index contributed by atoms with van der Waals surface area (Å²) in [6.07, 6.45) is 0.747. The van der Waals surface area contributed by atoms with Crippen molar-refractivity contribution in [2.75, 3.05) is 0 Å². The Morgan fingerprint density at radius 3 is 2.50 bits per heavy atom. The van der Waals surface area contributed by atoms with E-state index >= 15 is 0 Å². The monoisotopic (exact) mass is 292 g/mol. The van der Waals surface area contributed by atoms with Gasteiger partial charge in [0.2, 0.25) is 0 Å². The summed E-state index contributed by atoms with van der Waals surface area (Å²) in [5.74, 6) is 1.02. The molecular weight excluding hydrogens is 272 g/mol. The first-order valence-electron chi connectivity index (χ1n) is 7.12. The molecule has 108 valence electrons. The molecule has 1 aromatic carbocycles. The van der Waals surface area contributed by atoms with E-state index in [0.29, 0.717) is 17.1 Å². The van der Waals surface area contributed by atoms with E-state index in [1.807, 2.05) is 38.1 Å². The van der Waals surface area contributed by atoms with Gasteiger partial charge in [0.05, 0.1) is 16.3 Å². The van der Waals surface area contributed by atoms with Gasteiger partial charge in [-0.05, 0) is 31.4 Å². The van der Waals surface area contributed by atoms with E-state index in [2.05, 4.69) is 18.8 Å². The van der Waals surface area contributed by atoms with Crippen LogP contribution in [0.2, 0.25) is 0 Å². The van der Waals surface area contributed by atoms with Crippen molar-refractivity contribution in [2.45, 2.75) is 45.5 Å². The summed E-state index contributed by atoms with van der Waals surface area (Å²) in [6.45, 7) is 8.26. The number of fused-ring (bicyclic) bond motifs is 1. The van der Waals surface area contributed by atoms with Crippen molar-refractivity contribution in [3.05, 3.63) is 40.4 Å². The SMILES string of the molecule is CCC(Cl)c1nc2ccccc2c(=O)n1C(C)C(C)C. The van der Waals surface area contributed by atoms with Gasteiger partial charge in [0.1, 0.15) is 5.82 Å². The molecule has 2 atom stereocenters. The highest BCUT2D eigenvalue weighted by Crippen LogP contribution is 2.27. The van der Waals surface area contributed by atoms with Gasteiger partial charge in [-0.1, -0.05) is 32.9 Å². The molecule has 0 aliphatic heterocycles. The fourth-order valence-corrected chi connectivity index (χ4v) is 2.41. The molecule has 0 aliphatic carbocycles. The molecule has 0 fully saturated rings. The van der Waals surface area contributed by atoms with Gasteiger partial charge in [0, 0.05) is 6.04 Å². The molecule has 3 nitrogen and oxygen atoms in total. The molecule has 0 saturated carbocycles. The summed E-state index contributed by atoms with van der Waals surface area (Å²) in [5, 5.41) is 0.414. The predicted octanol–water partition coefficient (Wildman–Crippen LogP) is 4.30. The van der Waals surface area contributed by atoms with Gasteiger partial charge in [0.15, 0.2) is 0 Å². The Labute approximate surface area is 124 Å². The summed E-state index contributed by atoms with van der Waals surface area (Å²) in [5.41, 5.74) is 0.727. The number of hydrogen-bond acceptors (Lipinski definition) is 2. The minimum absolute atomic E-state index is 0.00546. The Morgan fingerprint density at radius 1 is 1.25 bits per heavy atom. The minimum atomic E-state index is -0.242. The van der Waals surface area contributed by atoms with E-state index in [-0.39, 0.29) is 17.0 Å². The van der Waals surface area contributed by atoms with Crippen molar-refractivity contribution in [3.8, 4) is 0 Å². The number of hydrogen-bond donors (Lipinski definition) is 0. The largest absolute Gasteiger partial charge is 0.292 e. The number of alkyl halides is 1. The van der Waals surface area contributed by atoms with Crippen molar-refractivity contribution in [1.29, 1.82) is 0 Å². The third kappa shape index (κ3) is 2.59. The third-order valence-electron chi connectivity index (χ3n) is 3.85. The smallest absolute Gasteiger partial charge is 0.261 e. The van der Waals surface area contributed by atoms with Gasteiger partial charge in [-0.2, -0.15) is 0 Å². The standard InChI is InChI=1S/C16H21ClN2O/c1-5-13(17)15-18-14-9-7-6-8-12(14)16(20)19(15)11(4)10(2)3/h6-11,13H,5H2,1-4H3. The summed E-state index contributed by atoms with van der Waals surface area (Å²) in [4.78, 5) is 17.4. The average Bonchev–Trinajstić information content (AvgIpc) is 2.45. The molecule has 20 heavy (non-hydrogen) atoms. The molecule has 0 bridgehead atoms. The second kappa shape index (κ2) is 5.96. The highest BCUT2D eigenvalue weighted by molar-refractivity contribution is 6.20. The maximum absolute atomic E-state index is 12.8. The van der Waals surface area contributed by atoms with Crippen LogP contribution in [0.5, 0.6) is 0 Å². The number of halogens is 1. The van der Waals surface area contributed by atoms with Crippen LogP contribution in [-0.2, 0) is 0 Å². The second-order valence-corrected chi connectivity index (χ2v) is 6.05. The minimum Gasteiger partial charge on any atom is -0.292 e. The van der Waals surface area contributed by atoms with Gasteiger partial charge < -0.3 is 0 Å². The predicted molar refractivity (Wildman–Crippen MR) is 84.4 cm³/mol. The molecule has 2 rings (SSSR count). The highest BCUT2D eigenvalue weighted by Gasteiger charge is 2.21. The maximum atomic E-state index is 12.8. The van der Waals surface area contributed by atoms with Crippen LogP contribution in [0.4, 0.5) is 0 Å². The van der Waals surface area contributed by atoms with E-state index in [1.54, 1.807) is 4.57 Å². The quantitative estimate of drug-likeness (QED) is 0.787. The zero-order chi connectivity index (χ0) is 14.9. The molecule has 1 aromatic heterocycles. The van der Waals surface area contributed by atoms with E-state index in [9.17, 15) is 4.79 Å². The van der Waals surface area contributed by atoms with Crippen LogP contribution in [0.25, 0.3) is 10.9 Å². The van der Waals surface area contributed by atoms with E-state index in [0.717, 1.165) is 11.9 Å². The van der Waals surface area contributed by atoms with Crippen molar-refractivity contribution in [1.82, 2.24) is 9.55 Å². The summed E-state index contributed by atoms with van der Waals surface area (Å²) >= 11 is 6.39. The molecule has 2 aromatic rings.